The molecule has 0 saturated carbocycles. The molecule has 1 aromatic carbocycles. The molecule has 0 bridgehead atoms. The Bertz CT molecular complexity index is 1260. The van der Waals surface area contributed by atoms with Crippen molar-refractivity contribution in [1.82, 2.24) is 9.97 Å². The quantitative estimate of drug-likeness (QED) is 0.423. The van der Waals surface area contributed by atoms with Gasteiger partial charge in [-0.3, -0.25) is 4.79 Å². The van der Waals surface area contributed by atoms with Crippen LogP contribution in [0.5, 0.6) is 0 Å². The van der Waals surface area contributed by atoms with Crippen molar-refractivity contribution in [3.63, 3.8) is 0 Å². The standard InChI is InChI=1S/C21H16F3N3O2S/c1-10-6-7-13(9-14(10)21(22,23)24)26-19(28)17-11(2)16-12(3)25-18(27-20(16)30-17)15-5-4-8-29-15/h4-9H,1-3H3,(H,26,28). The average molecular weight is 431 g/mol. The summed E-state index contributed by atoms with van der Waals surface area (Å²) in [4.78, 5) is 22.8. The van der Waals surface area contributed by atoms with E-state index < -0.39 is 17.6 Å². The zero-order chi connectivity index (χ0) is 21.6. The summed E-state index contributed by atoms with van der Waals surface area (Å²) in [5, 5.41) is 3.32. The largest absolute Gasteiger partial charge is 0.461 e. The number of aryl methyl sites for hydroxylation is 3. The molecule has 0 aliphatic heterocycles. The minimum absolute atomic E-state index is 0.0776. The zero-order valence-corrected chi connectivity index (χ0v) is 17.0. The highest BCUT2D eigenvalue weighted by Gasteiger charge is 2.32. The van der Waals surface area contributed by atoms with E-state index in [1.807, 2.05) is 6.92 Å². The summed E-state index contributed by atoms with van der Waals surface area (Å²) < 4.78 is 44.8. The number of anilines is 1. The minimum Gasteiger partial charge on any atom is -0.461 e. The Morgan fingerprint density at radius 2 is 1.90 bits per heavy atom. The van der Waals surface area contributed by atoms with Gasteiger partial charge in [0.25, 0.3) is 5.91 Å². The first kappa shape index (κ1) is 20.1. The SMILES string of the molecule is Cc1ccc(NC(=O)c2sc3nc(-c4ccco4)nc(C)c3c2C)cc1C(F)(F)F. The fourth-order valence-corrected chi connectivity index (χ4v) is 4.39. The molecule has 0 aliphatic rings. The van der Waals surface area contributed by atoms with E-state index in [1.165, 1.54) is 25.3 Å². The molecule has 3 aromatic heterocycles. The number of fused-ring (bicyclic) bond motifs is 1. The fraction of sp³-hybridized carbons (Fsp3) is 0.190. The second-order valence-corrected chi connectivity index (χ2v) is 7.83. The lowest BCUT2D eigenvalue weighted by molar-refractivity contribution is -0.138. The summed E-state index contributed by atoms with van der Waals surface area (Å²) >= 11 is 1.16. The number of alkyl halides is 3. The first-order valence-corrected chi connectivity index (χ1v) is 9.77. The molecule has 30 heavy (non-hydrogen) atoms. The lowest BCUT2D eigenvalue weighted by atomic mass is 10.1. The molecule has 4 rings (SSSR count). The second kappa shape index (κ2) is 7.24. The number of aromatic nitrogens is 2. The number of halogens is 3. The molecule has 0 radical (unpaired) electrons. The van der Waals surface area contributed by atoms with Crippen LogP contribution in [0, 0.1) is 20.8 Å². The number of nitrogens with one attached hydrogen (secondary N) is 1. The number of rotatable bonds is 3. The molecule has 1 amide bonds. The molecule has 4 aromatic rings. The van der Waals surface area contributed by atoms with Crippen LogP contribution in [-0.4, -0.2) is 15.9 Å². The van der Waals surface area contributed by atoms with Crippen LogP contribution < -0.4 is 5.32 Å². The maximum absolute atomic E-state index is 13.2. The Morgan fingerprint density at radius 1 is 1.13 bits per heavy atom. The van der Waals surface area contributed by atoms with Crippen LogP contribution in [0.25, 0.3) is 21.8 Å². The van der Waals surface area contributed by atoms with E-state index in [2.05, 4.69) is 15.3 Å². The number of thiophene rings is 1. The topological polar surface area (TPSA) is 68.0 Å². The van der Waals surface area contributed by atoms with Gasteiger partial charge in [0.15, 0.2) is 11.6 Å². The summed E-state index contributed by atoms with van der Waals surface area (Å²) in [5.74, 6) is 0.425. The molecule has 0 fully saturated rings. The van der Waals surface area contributed by atoms with Crippen LogP contribution in [-0.2, 0) is 6.18 Å². The second-order valence-electron chi connectivity index (χ2n) is 6.83. The highest BCUT2D eigenvalue weighted by Crippen LogP contribution is 2.35. The van der Waals surface area contributed by atoms with Crippen LogP contribution in [0.3, 0.4) is 0 Å². The Hall–Kier alpha value is -3.20. The predicted octanol–water partition coefficient (Wildman–Crippen LogP) is 6.15. The number of benzene rings is 1. The smallest absolute Gasteiger partial charge is 0.416 e. The van der Waals surface area contributed by atoms with Crippen molar-refractivity contribution < 1.29 is 22.4 Å². The monoisotopic (exact) mass is 431 g/mol. The number of furan rings is 1. The molecule has 0 unspecified atom stereocenters. The third-order valence-electron chi connectivity index (χ3n) is 4.72. The Labute approximate surface area is 173 Å². The van der Waals surface area contributed by atoms with Crippen LogP contribution >= 0.6 is 11.3 Å². The number of amides is 1. The maximum atomic E-state index is 13.2. The van der Waals surface area contributed by atoms with Crippen molar-refractivity contribution in [2.75, 3.05) is 5.32 Å². The molecule has 5 nitrogen and oxygen atoms in total. The molecule has 3 heterocycles. The van der Waals surface area contributed by atoms with E-state index in [9.17, 15) is 18.0 Å². The third-order valence-corrected chi connectivity index (χ3v) is 5.90. The van der Waals surface area contributed by atoms with Gasteiger partial charge in [-0.15, -0.1) is 11.3 Å². The Balaban J connectivity index is 1.71. The van der Waals surface area contributed by atoms with E-state index in [4.69, 9.17) is 4.42 Å². The summed E-state index contributed by atoms with van der Waals surface area (Å²) in [6.45, 7) is 4.96. The van der Waals surface area contributed by atoms with Crippen molar-refractivity contribution in [3.8, 4) is 11.6 Å². The normalized spacial score (nSPS) is 11.8. The van der Waals surface area contributed by atoms with Gasteiger partial charge in [-0.25, -0.2) is 9.97 Å². The van der Waals surface area contributed by atoms with Gasteiger partial charge >= 0.3 is 6.18 Å². The lowest BCUT2D eigenvalue weighted by Crippen LogP contribution is -2.13. The fourth-order valence-electron chi connectivity index (χ4n) is 3.26. The molecule has 9 heteroatoms. The number of nitrogens with zero attached hydrogens (tertiary/aromatic N) is 2. The van der Waals surface area contributed by atoms with Gasteiger partial charge in [0.2, 0.25) is 0 Å². The molecule has 0 aliphatic carbocycles. The average Bonchev–Trinajstić information content (AvgIpc) is 3.31. The highest BCUT2D eigenvalue weighted by molar-refractivity contribution is 7.20. The van der Waals surface area contributed by atoms with Gasteiger partial charge < -0.3 is 9.73 Å². The van der Waals surface area contributed by atoms with Crippen molar-refractivity contribution in [2.45, 2.75) is 26.9 Å². The first-order valence-electron chi connectivity index (χ1n) is 8.96. The van der Waals surface area contributed by atoms with Gasteiger partial charge in [-0.2, -0.15) is 13.2 Å². The number of hydrogen-bond donors (Lipinski definition) is 1. The van der Waals surface area contributed by atoms with Crippen molar-refractivity contribution in [3.05, 3.63) is 63.9 Å². The number of hydrogen-bond acceptors (Lipinski definition) is 5. The van der Waals surface area contributed by atoms with Crippen LogP contribution in [0.15, 0.2) is 41.0 Å². The van der Waals surface area contributed by atoms with Gasteiger partial charge in [0.1, 0.15) is 4.83 Å². The zero-order valence-electron chi connectivity index (χ0n) is 16.2. The maximum Gasteiger partial charge on any atom is 0.416 e. The molecular weight excluding hydrogens is 415 g/mol. The van der Waals surface area contributed by atoms with Crippen LogP contribution in [0.4, 0.5) is 18.9 Å². The van der Waals surface area contributed by atoms with Crippen molar-refractivity contribution >= 4 is 33.1 Å². The number of carbonyl (C=O) groups is 1. The molecular formula is C21H16F3N3O2S. The van der Waals surface area contributed by atoms with E-state index >= 15 is 0 Å². The Kier molecular flexibility index (Phi) is 4.85. The van der Waals surface area contributed by atoms with Gasteiger partial charge in [0.05, 0.1) is 22.4 Å². The van der Waals surface area contributed by atoms with Gasteiger partial charge in [-0.05, 0) is 56.2 Å². The Morgan fingerprint density at radius 3 is 2.57 bits per heavy atom. The van der Waals surface area contributed by atoms with E-state index in [-0.39, 0.29) is 11.3 Å². The van der Waals surface area contributed by atoms with Crippen LogP contribution in [0.1, 0.15) is 32.1 Å². The van der Waals surface area contributed by atoms with E-state index in [0.717, 1.165) is 22.8 Å². The predicted molar refractivity (Wildman–Crippen MR) is 109 cm³/mol. The molecule has 0 atom stereocenters. The van der Waals surface area contributed by atoms with Crippen LogP contribution in [0.2, 0.25) is 0 Å². The van der Waals surface area contributed by atoms with E-state index in [1.54, 1.807) is 19.1 Å². The number of carbonyl (C=O) groups excluding carboxylic acids is 1. The molecule has 1 N–H and O–H groups in total. The summed E-state index contributed by atoms with van der Waals surface area (Å²) in [5.41, 5.74) is 0.759. The van der Waals surface area contributed by atoms with Gasteiger partial charge in [-0.1, -0.05) is 6.07 Å². The minimum atomic E-state index is -4.49. The highest BCUT2D eigenvalue weighted by atomic mass is 32.1. The summed E-state index contributed by atoms with van der Waals surface area (Å²) in [6, 6.07) is 7.19. The first-order chi connectivity index (χ1) is 14.1. The molecule has 0 saturated heterocycles. The van der Waals surface area contributed by atoms with Gasteiger partial charge in [0, 0.05) is 11.1 Å². The summed E-state index contributed by atoms with van der Waals surface area (Å²) in [7, 11) is 0. The molecule has 0 spiro atoms. The van der Waals surface area contributed by atoms with Crippen molar-refractivity contribution in [2.24, 2.45) is 0 Å². The lowest BCUT2D eigenvalue weighted by Gasteiger charge is -2.12. The van der Waals surface area contributed by atoms with E-state index in [0.29, 0.717) is 32.5 Å². The molecule has 154 valence electrons. The summed E-state index contributed by atoms with van der Waals surface area (Å²) in [6.07, 6.45) is -2.97. The third kappa shape index (κ3) is 3.56. The van der Waals surface area contributed by atoms with Crippen molar-refractivity contribution in [1.29, 1.82) is 0 Å².